The van der Waals surface area contributed by atoms with Gasteiger partial charge in [0, 0.05) is 6.07 Å². The van der Waals surface area contributed by atoms with E-state index in [1.165, 1.54) is 50.8 Å². The van der Waals surface area contributed by atoms with Gasteiger partial charge in [-0.15, -0.1) is 0 Å². The number of hydrogen-bond donors (Lipinski definition) is 1. The first-order valence-corrected chi connectivity index (χ1v) is 7.97. The number of benzene rings is 2. The van der Waals surface area contributed by atoms with Crippen molar-refractivity contribution in [2.45, 2.75) is 4.90 Å². The maximum atomic E-state index is 13.0. The average molecular weight is 338 g/mol. The molecule has 0 saturated carbocycles. The molecule has 0 heterocycles. The standard InChI is InChI=1S/C15H15FN2O4S/c1-21-13-6-7-14(22-2)15(9-13)23(19,20)18-17-10-11-4-3-5-12(16)8-11/h3-10,18H,1-2H3/b17-10+. The Kier molecular flexibility index (Phi) is 5.17. The minimum absolute atomic E-state index is 0.115. The predicted octanol–water partition coefficient (Wildman–Crippen LogP) is 2.16. The molecule has 0 aliphatic heterocycles. The lowest BCUT2D eigenvalue weighted by Gasteiger charge is -2.10. The molecule has 0 saturated heterocycles. The van der Waals surface area contributed by atoms with Crippen LogP contribution in [-0.2, 0) is 10.0 Å². The SMILES string of the molecule is COc1ccc(OC)c(S(=O)(=O)N/N=C/c2cccc(F)c2)c1. The monoisotopic (exact) mass is 338 g/mol. The molecule has 6 nitrogen and oxygen atoms in total. The summed E-state index contributed by atoms with van der Waals surface area (Å²) >= 11 is 0. The summed E-state index contributed by atoms with van der Waals surface area (Å²) < 4.78 is 47.7. The molecule has 0 aliphatic carbocycles. The highest BCUT2D eigenvalue weighted by atomic mass is 32.2. The van der Waals surface area contributed by atoms with Gasteiger partial charge in [-0.2, -0.15) is 18.4 Å². The number of sulfonamides is 1. The molecule has 0 unspecified atom stereocenters. The fourth-order valence-corrected chi connectivity index (χ4v) is 2.78. The zero-order valence-corrected chi connectivity index (χ0v) is 13.3. The van der Waals surface area contributed by atoms with Crippen LogP contribution in [0, 0.1) is 5.82 Å². The van der Waals surface area contributed by atoms with Crippen molar-refractivity contribution >= 4 is 16.2 Å². The molecule has 0 amide bonds. The first-order chi connectivity index (χ1) is 11.0. The first kappa shape index (κ1) is 16.8. The molecule has 122 valence electrons. The van der Waals surface area contributed by atoms with E-state index in [1.807, 2.05) is 0 Å². The highest BCUT2D eigenvalue weighted by Crippen LogP contribution is 2.27. The normalized spacial score (nSPS) is 11.4. The Morgan fingerprint density at radius 2 is 1.91 bits per heavy atom. The topological polar surface area (TPSA) is 77.0 Å². The third-order valence-corrected chi connectivity index (χ3v) is 4.14. The van der Waals surface area contributed by atoms with E-state index in [0.717, 1.165) is 0 Å². The van der Waals surface area contributed by atoms with Gasteiger partial charge in [0.25, 0.3) is 10.0 Å². The van der Waals surface area contributed by atoms with Crippen molar-refractivity contribution in [2.75, 3.05) is 14.2 Å². The van der Waals surface area contributed by atoms with Gasteiger partial charge in [0.15, 0.2) is 0 Å². The van der Waals surface area contributed by atoms with Gasteiger partial charge in [-0.25, -0.2) is 4.39 Å². The smallest absolute Gasteiger partial charge is 0.280 e. The van der Waals surface area contributed by atoms with Crippen LogP contribution in [0.1, 0.15) is 5.56 Å². The van der Waals surface area contributed by atoms with Crippen LogP contribution in [0.2, 0.25) is 0 Å². The Labute approximate surface area is 133 Å². The molecule has 23 heavy (non-hydrogen) atoms. The summed E-state index contributed by atoms with van der Waals surface area (Å²) in [5.41, 5.74) is 0.422. The van der Waals surface area contributed by atoms with Gasteiger partial charge in [0.1, 0.15) is 22.2 Å². The van der Waals surface area contributed by atoms with Crippen LogP contribution < -0.4 is 14.3 Å². The Morgan fingerprint density at radius 1 is 1.13 bits per heavy atom. The molecule has 0 radical (unpaired) electrons. The molecule has 2 aromatic rings. The van der Waals surface area contributed by atoms with E-state index in [0.29, 0.717) is 11.3 Å². The molecule has 0 aromatic heterocycles. The molecule has 0 atom stereocenters. The molecule has 1 N–H and O–H groups in total. The van der Waals surface area contributed by atoms with E-state index in [9.17, 15) is 12.8 Å². The number of halogens is 1. The summed E-state index contributed by atoms with van der Waals surface area (Å²) in [7, 11) is -1.18. The van der Waals surface area contributed by atoms with Crippen molar-refractivity contribution in [1.82, 2.24) is 4.83 Å². The summed E-state index contributed by atoms with van der Waals surface area (Å²) in [6, 6.07) is 9.96. The van der Waals surface area contributed by atoms with Crippen molar-refractivity contribution in [3.8, 4) is 11.5 Å². The fraction of sp³-hybridized carbons (Fsp3) is 0.133. The van der Waals surface area contributed by atoms with Crippen molar-refractivity contribution in [3.05, 3.63) is 53.8 Å². The molecular weight excluding hydrogens is 323 g/mol. The highest BCUT2D eigenvalue weighted by molar-refractivity contribution is 7.89. The second kappa shape index (κ2) is 7.10. The number of methoxy groups -OCH3 is 2. The third kappa shape index (κ3) is 4.19. The number of ether oxygens (including phenoxy) is 2. The lowest BCUT2D eigenvalue weighted by Crippen LogP contribution is -2.19. The van der Waals surface area contributed by atoms with Gasteiger partial charge in [0.2, 0.25) is 0 Å². The van der Waals surface area contributed by atoms with Crippen molar-refractivity contribution in [3.63, 3.8) is 0 Å². The van der Waals surface area contributed by atoms with E-state index in [2.05, 4.69) is 9.93 Å². The zero-order chi connectivity index (χ0) is 16.9. The van der Waals surface area contributed by atoms with Crippen LogP contribution in [0.4, 0.5) is 4.39 Å². The van der Waals surface area contributed by atoms with Crippen molar-refractivity contribution in [1.29, 1.82) is 0 Å². The predicted molar refractivity (Wildman–Crippen MR) is 83.9 cm³/mol. The Hall–Kier alpha value is -2.61. The number of nitrogens with one attached hydrogen (secondary N) is 1. The first-order valence-electron chi connectivity index (χ1n) is 6.49. The van der Waals surface area contributed by atoms with Crippen LogP contribution in [0.15, 0.2) is 52.5 Å². The van der Waals surface area contributed by atoms with E-state index in [4.69, 9.17) is 9.47 Å². The minimum atomic E-state index is -3.96. The number of nitrogens with zero attached hydrogens (tertiary/aromatic N) is 1. The van der Waals surface area contributed by atoms with Gasteiger partial charge in [0.05, 0.1) is 20.4 Å². The van der Waals surface area contributed by atoms with Crippen LogP contribution in [0.25, 0.3) is 0 Å². The summed E-state index contributed by atoms with van der Waals surface area (Å²) in [4.78, 5) is 1.94. The second-order valence-electron chi connectivity index (χ2n) is 4.42. The van der Waals surface area contributed by atoms with E-state index >= 15 is 0 Å². The highest BCUT2D eigenvalue weighted by Gasteiger charge is 2.19. The number of hydrazone groups is 1. The average Bonchev–Trinajstić information content (AvgIpc) is 2.54. The van der Waals surface area contributed by atoms with Crippen molar-refractivity contribution in [2.24, 2.45) is 5.10 Å². The summed E-state index contributed by atoms with van der Waals surface area (Å²) in [6.07, 6.45) is 1.20. The summed E-state index contributed by atoms with van der Waals surface area (Å²) in [5.74, 6) is 0.0748. The Balaban J connectivity index is 2.25. The van der Waals surface area contributed by atoms with Crippen LogP contribution in [-0.4, -0.2) is 28.9 Å². The maximum absolute atomic E-state index is 13.0. The lowest BCUT2D eigenvalue weighted by molar-refractivity contribution is 0.392. The van der Waals surface area contributed by atoms with Gasteiger partial charge < -0.3 is 9.47 Å². The molecule has 0 spiro atoms. The van der Waals surface area contributed by atoms with Crippen LogP contribution >= 0.6 is 0 Å². The summed E-state index contributed by atoms with van der Waals surface area (Å²) in [6.45, 7) is 0. The van der Waals surface area contributed by atoms with Crippen LogP contribution in [0.5, 0.6) is 11.5 Å². The Bertz CT molecular complexity index is 822. The quantitative estimate of drug-likeness (QED) is 0.647. The van der Waals surface area contributed by atoms with Crippen molar-refractivity contribution < 1.29 is 22.3 Å². The van der Waals surface area contributed by atoms with Gasteiger partial charge >= 0.3 is 0 Å². The lowest BCUT2D eigenvalue weighted by atomic mass is 10.2. The molecule has 2 rings (SSSR count). The number of rotatable bonds is 6. The Morgan fingerprint density at radius 3 is 2.57 bits per heavy atom. The van der Waals surface area contributed by atoms with Gasteiger partial charge in [-0.1, -0.05) is 12.1 Å². The molecule has 0 fully saturated rings. The van der Waals surface area contributed by atoms with E-state index in [-0.39, 0.29) is 10.6 Å². The molecule has 0 bridgehead atoms. The fourth-order valence-electron chi connectivity index (χ4n) is 1.80. The minimum Gasteiger partial charge on any atom is -0.497 e. The van der Waals surface area contributed by atoms with E-state index in [1.54, 1.807) is 12.1 Å². The van der Waals surface area contributed by atoms with Gasteiger partial charge in [-0.05, 0) is 29.8 Å². The molecule has 8 heteroatoms. The summed E-state index contributed by atoms with van der Waals surface area (Å²) in [5, 5.41) is 3.64. The third-order valence-electron chi connectivity index (χ3n) is 2.90. The molecule has 2 aromatic carbocycles. The largest absolute Gasteiger partial charge is 0.497 e. The number of hydrogen-bond acceptors (Lipinski definition) is 5. The van der Waals surface area contributed by atoms with E-state index < -0.39 is 15.8 Å². The maximum Gasteiger partial charge on any atom is 0.280 e. The second-order valence-corrected chi connectivity index (χ2v) is 6.05. The molecular formula is C15H15FN2O4S. The van der Waals surface area contributed by atoms with Crippen LogP contribution in [0.3, 0.4) is 0 Å². The zero-order valence-electron chi connectivity index (χ0n) is 12.5. The molecule has 0 aliphatic rings. The van der Waals surface area contributed by atoms with Gasteiger partial charge in [-0.3, -0.25) is 0 Å².